The van der Waals surface area contributed by atoms with Crippen molar-refractivity contribution in [1.29, 1.82) is 0 Å². The number of aryl methyl sites for hydroxylation is 1. The van der Waals surface area contributed by atoms with Crippen LogP contribution in [0.2, 0.25) is 0 Å². The van der Waals surface area contributed by atoms with Crippen molar-refractivity contribution in [2.24, 2.45) is 4.99 Å². The van der Waals surface area contributed by atoms with Crippen molar-refractivity contribution in [1.82, 2.24) is 20.6 Å². The number of rotatable bonds is 6. The number of hydrogen-bond donors (Lipinski definition) is 3. The van der Waals surface area contributed by atoms with Gasteiger partial charge in [-0.05, 0) is 49.9 Å². The molecule has 1 fully saturated rings. The quantitative estimate of drug-likeness (QED) is 0.432. The number of aromatic amines is 1. The van der Waals surface area contributed by atoms with E-state index in [0.29, 0.717) is 18.9 Å². The van der Waals surface area contributed by atoms with Gasteiger partial charge in [0.05, 0.1) is 0 Å². The summed E-state index contributed by atoms with van der Waals surface area (Å²) in [7, 11) is 0. The number of nitrogens with one attached hydrogen (secondary N) is 3. The Bertz CT molecular complexity index is 1030. The molecule has 1 aromatic carbocycles. The van der Waals surface area contributed by atoms with Crippen LogP contribution in [0, 0.1) is 12.7 Å². The molecule has 0 aliphatic carbocycles. The zero-order valence-electron chi connectivity index (χ0n) is 17.6. The van der Waals surface area contributed by atoms with E-state index in [1.165, 1.54) is 28.1 Å². The lowest BCUT2D eigenvalue weighted by atomic mass is 10.1. The van der Waals surface area contributed by atoms with Gasteiger partial charge in [-0.3, -0.25) is 4.99 Å². The Kier molecular flexibility index (Phi) is 6.16. The van der Waals surface area contributed by atoms with E-state index in [-0.39, 0.29) is 11.9 Å². The second kappa shape index (κ2) is 9.15. The van der Waals surface area contributed by atoms with Crippen LogP contribution in [0.4, 0.5) is 10.2 Å². The molecule has 1 saturated heterocycles. The summed E-state index contributed by atoms with van der Waals surface area (Å²) in [6.07, 6.45) is 5.51. The highest BCUT2D eigenvalue weighted by Crippen LogP contribution is 2.22. The molecule has 4 rings (SSSR count). The van der Waals surface area contributed by atoms with Crippen LogP contribution < -0.4 is 15.5 Å². The van der Waals surface area contributed by atoms with Crippen molar-refractivity contribution < 1.29 is 4.39 Å². The number of H-pyrrole nitrogens is 1. The van der Waals surface area contributed by atoms with Gasteiger partial charge in [-0.2, -0.15) is 0 Å². The first-order valence-corrected chi connectivity index (χ1v) is 10.6. The van der Waals surface area contributed by atoms with E-state index < -0.39 is 0 Å². The molecule has 2 aromatic heterocycles. The van der Waals surface area contributed by atoms with E-state index in [1.54, 1.807) is 12.3 Å². The number of aromatic nitrogens is 2. The molecule has 0 spiro atoms. The fourth-order valence-corrected chi connectivity index (χ4v) is 4.05. The fraction of sp³-hybridized carbons (Fsp3) is 0.391. The van der Waals surface area contributed by atoms with Crippen LogP contribution in [0.25, 0.3) is 10.9 Å². The third kappa shape index (κ3) is 4.40. The molecule has 0 radical (unpaired) electrons. The number of pyridine rings is 1. The number of halogens is 1. The minimum absolute atomic E-state index is 0.208. The number of para-hydroxylation sites is 1. The van der Waals surface area contributed by atoms with Crippen LogP contribution in [0.5, 0.6) is 0 Å². The van der Waals surface area contributed by atoms with Gasteiger partial charge in [0.25, 0.3) is 0 Å². The number of guanidine groups is 1. The van der Waals surface area contributed by atoms with Crippen LogP contribution in [0.3, 0.4) is 0 Å². The Morgan fingerprint density at radius 1 is 1.33 bits per heavy atom. The summed E-state index contributed by atoms with van der Waals surface area (Å²) in [5.74, 6) is 0.966. The van der Waals surface area contributed by atoms with Gasteiger partial charge < -0.3 is 20.5 Å². The maximum atomic E-state index is 14.0. The second-order valence-electron chi connectivity index (χ2n) is 7.71. The molecular formula is C23H29FN6. The summed E-state index contributed by atoms with van der Waals surface area (Å²) < 4.78 is 14.0. The highest BCUT2D eigenvalue weighted by molar-refractivity contribution is 5.86. The van der Waals surface area contributed by atoms with Crippen molar-refractivity contribution in [3.05, 3.63) is 59.7 Å². The third-order valence-electron chi connectivity index (χ3n) is 5.57. The van der Waals surface area contributed by atoms with Crippen LogP contribution in [-0.4, -0.2) is 48.1 Å². The third-order valence-corrected chi connectivity index (χ3v) is 5.57. The summed E-state index contributed by atoms with van der Waals surface area (Å²) in [5, 5.41) is 8.10. The molecule has 0 bridgehead atoms. The summed E-state index contributed by atoms with van der Waals surface area (Å²) in [4.78, 5) is 14.3. The maximum absolute atomic E-state index is 14.0. The minimum atomic E-state index is -0.271. The Labute approximate surface area is 176 Å². The molecule has 1 aliphatic rings. The molecule has 1 aliphatic heterocycles. The minimum Gasteiger partial charge on any atom is -0.361 e. The molecule has 30 heavy (non-hydrogen) atoms. The zero-order chi connectivity index (χ0) is 20.9. The van der Waals surface area contributed by atoms with Gasteiger partial charge in [0, 0.05) is 55.5 Å². The topological polar surface area (TPSA) is 68.3 Å². The van der Waals surface area contributed by atoms with Crippen LogP contribution in [-0.2, 0) is 6.42 Å². The molecule has 0 saturated carbocycles. The Balaban J connectivity index is 1.37. The number of aliphatic imine (C=N–C) groups is 1. The van der Waals surface area contributed by atoms with Gasteiger partial charge >= 0.3 is 0 Å². The van der Waals surface area contributed by atoms with Gasteiger partial charge in [0.1, 0.15) is 0 Å². The molecule has 3 N–H and O–H groups in total. The molecule has 1 atom stereocenters. The van der Waals surface area contributed by atoms with Crippen molar-refractivity contribution in [2.75, 3.05) is 31.1 Å². The molecular weight excluding hydrogens is 379 g/mol. The number of fused-ring (bicyclic) bond motifs is 1. The van der Waals surface area contributed by atoms with Crippen LogP contribution in [0.15, 0.2) is 47.7 Å². The first kappa shape index (κ1) is 20.2. The molecule has 7 heteroatoms. The summed E-state index contributed by atoms with van der Waals surface area (Å²) in [5.41, 5.74) is 3.74. The van der Waals surface area contributed by atoms with E-state index >= 15 is 0 Å². The van der Waals surface area contributed by atoms with Gasteiger partial charge in [-0.25, -0.2) is 9.37 Å². The van der Waals surface area contributed by atoms with Crippen LogP contribution >= 0.6 is 0 Å². The number of hydrogen-bond acceptors (Lipinski definition) is 3. The van der Waals surface area contributed by atoms with Gasteiger partial charge in [-0.1, -0.05) is 18.2 Å². The van der Waals surface area contributed by atoms with Gasteiger partial charge in [0.15, 0.2) is 17.6 Å². The van der Waals surface area contributed by atoms with Gasteiger partial charge in [0.2, 0.25) is 0 Å². The predicted octanol–water partition coefficient (Wildman–Crippen LogP) is 3.39. The van der Waals surface area contributed by atoms with Crippen molar-refractivity contribution in [3.63, 3.8) is 0 Å². The lowest BCUT2D eigenvalue weighted by Crippen LogP contribution is -2.44. The normalized spacial score (nSPS) is 17.0. The SMILES string of the molecule is CCNC(=NCCc1c[nH]c2c(C)cccc12)NC1CCN(c2ncccc2F)C1. The number of nitrogens with zero attached hydrogens (tertiary/aromatic N) is 3. The van der Waals surface area contributed by atoms with E-state index in [4.69, 9.17) is 4.99 Å². The van der Waals surface area contributed by atoms with Crippen LogP contribution in [0.1, 0.15) is 24.5 Å². The standard InChI is InChI=1S/C23H29FN6/c1-3-25-23(27-12-9-17-14-28-21-16(2)6-4-7-19(17)21)29-18-10-13-30(15-18)22-20(24)8-5-11-26-22/h4-8,11,14,18,28H,3,9-10,12-13,15H2,1-2H3,(H2,25,27,29). The Morgan fingerprint density at radius 3 is 3.07 bits per heavy atom. The lowest BCUT2D eigenvalue weighted by Gasteiger charge is -2.19. The van der Waals surface area contributed by atoms with Crippen molar-refractivity contribution in [2.45, 2.75) is 32.7 Å². The molecule has 1 unspecified atom stereocenters. The van der Waals surface area contributed by atoms with E-state index in [9.17, 15) is 4.39 Å². The van der Waals surface area contributed by atoms with E-state index in [2.05, 4.69) is 58.8 Å². The number of benzene rings is 1. The summed E-state index contributed by atoms with van der Waals surface area (Å²) in [6, 6.07) is 9.66. The highest BCUT2D eigenvalue weighted by Gasteiger charge is 2.25. The molecule has 0 amide bonds. The van der Waals surface area contributed by atoms with Gasteiger partial charge in [-0.15, -0.1) is 0 Å². The number of anilines is 1. The maximum Gasteiger partial charge on any atom is 0.191 e. The monoisotopic (exact) mass is 408 g/mol. The zero-order valence-corrected chi connectivity index (χ0v) is 17.6. The molecule has 3 aromatic rings. The second-order valence-corrected chi connectivity index (χ2v) is 7.71. The smallest absolute Gasteiger partial charge is 0.191 e. The first-order chi connectivity index (χ1) is 14.7. The highest BCUT2D eigenvalue weighted by atomic mass is 19.1. The average molecular weight is 409 g/mol. The summed E-state index contributed by atoms with van der Waals surface area (Å²) >= 11 is 0. The summed E-state index contributed by atoms with van der Waals surface area (Å²) in [6.45, 7) is 7.16. The molecule has 6 nitrogen and oxygen atoms in total. The fourth-order valence-electron chi connectivity index (χ4n) is 4.05. The average Bonchev–Trinajstić information content (AvgIpc) is 3.37. The van der Waals surface area contributed by atoms with Crippen molar-refractivity contribution >= 4 is 22.7 Å². The molecule has 158 valence electrons. The van der Waals surface area contributed by atoms with Crippen molar-refractivity contribution in [3.8, 4) is 0 Å². The predicted molar refractivity (Wildman–Crippen MR) is 121 cm³/mol. The lowest BCUT2D eigenvalue weighted by molar-refractivity contribution is 0.612. The largest absolute Gasteiger partial charge is 0.361 e. The molecule has 3 heterocycles. The Morgan fingerprint density at radius 2 is 2.23 bits per heavy atom. The Hall–Kier alpha value is -3.09. The van der Waals surface area contributed by atoms with E-state index in [1.807, 2.05) is 4.90 Å². The first-order valence-electron chi connectivity index (χ1n) is 10.6. The van der Waals surface area contributed by atoms with E-state index in [0.717, 1.165) is 31.9 Å².